The van der Waals surface area contributed by atoms with Gasteiger partial charge >= 0.3 is 0 Å². The van der Waals surface area contributed by atoms with Gasteiger partial charge in [0, 0.05) is 4.88 Å². The number of carbonyl (C=O) groups excluding carboxylic acids is 1. The number of carbonyl (C=O) groups is 1. The summed E-state index contributed by atoms with van der Waals surface area (Å²) in [6.45, 7) is 2.29. The van der Waals surface area contributed by atoms with E-state index in [-0.39, 0.29) is 12.1 Å². The van der Waals surface area contributed by atoms with Crippen molar-refractivity contribution in [3.8, 4) is 0 Å². The fraction of sp³-hybridized carbons (Fsp3) is 0.316. The van der Waals surface area contributed by atoms with E-state index in [1.165, 1.54) is 16.9 Å². The summed E-state index contributed by atoms with van der Waals surface area (Å²) < 4.78 is 0. The van der Waals surface area contributed by atoms with Crippen molar-refractivity contribution in [3.63, 3.8) is 0 Å². The van der Waals surface area contributed by atoms with Crippen molar-refractivity contribution in [1.82, 2.24) is 5.32 Å². The highest BCUT2D eigenvalue weighted by molar-refractivity contribution is 7.16. The molecule has 1 aromatic carbocycles. The van der Waals surface area contributed by atoms with Gasteiger partial charge in [-0.25, -0.2) is 0 Å². The van der Waals surface area contributed by atoms with Crippen LogP contribution in [-0.2, 0) is 12.8 Å². The van der Waals surface area contributed by atoms with Crippen LogP contribution < -0.4 is 10.6 Å². The van der Waals surface area contributed by atoms with Crippen LogP contribution in [0, 0.1) is 5.92 Å². The maximum absolute atomic E-state index is 12.5. The van der Waals surface area contributed by atoms with Crippen LogP contribution in [0.1, 0.15) is 39.7 Å². The molecule has 3 nitrogen and oxygen atoms in total. The van der Waals surface area contributed by atoms with Gasteiger partial charge in [0.2, 0.25) is 0 Å². The molecule has 0 fully saturated rings. The molecule has 0 saturated carbocycles. The van der Waals surface area contributed by atoms with Gasteiger partial charge in [0.1, 0.15) is 11.2 Å². The van der Waals surface area contributed by atoms with E-state index in [1.54, 1.807) is 11.3 Å². The minimum atomic E-state index is -0.146. The third kappa shape index (κ3) is 2.79. The number of amides is 1. The molecular weight excluding hydrogens is 304 g/mol. The highest BCUT2D eigenvalue weighted by atomic mass is 32.1. The van der Waals surface area contributed by atoms with Crippen molar-refractivity contribution in [1.29, 1.82) is 0 Å². The van der Waals surface area contributed by atoms with Gasteiger partial charge in [-0.15, -0.1) is 11.3 Å². The van der Waals surface area contributed by atoms with Crippen LogP contribution in [0.5, 0.6) is 0 Å². The Hall–Kier alpha value is -2.07. The molecule has 2 N–H and O–H groups in total. The molecular formula is C19H20N2OS. The van der Waals surface area contributed by atoms with Gasteiger partial charge < -0.3 is 10.6 Å². The third-order valence-corrected chi connectivity index (χ3v) is 5.78. The lowest BCUT2D eigenvalue weighted by Crippen LogP contribution is -2.43. The first-order valence-electron chi connectivity index (χ1n) is 8.16. The molecule has 1 aliphatic carbocycles. The summed E-state index contributed by atoms with van der Waals surface area (Å²) in [4.78, 5) is 13.9. The van der Waals surface area contributed by atoms with E-state index in [4.69, 9.17) is 0 Å². The summed E-state index contributed by atoms with van der Waals surface area (Å²) in [5.41, 5.74) is 3.30. The lowest BCUT2D eigenvalue weighted by Gasteiger charge is -2.24. The van der Waals surface area contributed by atoms with Gasteiger partial charge in [-0.2, -0.15) is 0 Å². The molecule has 2 aliphatic rings. The maximum Gasteiger partial charge on any atom is 0.256 e. The highest BCUT2D eigenvalue weighted by Gasteiger charge is 2.31. The fourth-order valence-electron chi connectivity index (χ4n) is 3.35. The van der Waals surface area contributed by atoms with Crippen molar-refractivity contribution in [3.05, 3.63) is 58.0 Å². The van der Waals surface area contributed by atoms with Crippen LogP contribution in [0.4, 0.5) is 5.00 Å². The summed E-state index contributed by atoms with van der Waals surface area (Å²) in [5.74, 6) is 0.785. The summed E-state index contributed by atoms with van der Waals surface area (Å²) >= 11 is 1.76. The van der Waals surface area contributed by atoms with E-state index in [9.17, 15) is 4.79 Å². The summed E-state index contributed by atoms with van der Waals surface area (Å²) in [6.07, 6.45) is 7.22. The first kappa shape index (κ1) is 14.5. The second-order valence-electron chi connectivity index (χ2n) is 6.42. The second kappa shape index (κ2) is 5.85. The zero-order chi connectivity index (χ0) is 15.8. The Morgan fingerprint density at radius 1 is 1.22 bits per heavy atom. The number of hydrogen-bond donors (Lipinski definition) is 2. The molecule has 0 saturated heterocycles. The SMILES string of the molecule is CC1CCc2c(sc3c2C(=O)NC(C=Cc2ccccc2)N3)C1. The Labute approximate surface area is 140 Å². The average molecular weight is 324 g/mol. The number of fused-ring (bicyclic) bond motifs is 3. The Balaban J connectivity index is 1.58. The maximum atomic E-state index is 12.5. The summed E-state index contributed by atoms with van der Waals surface area (Å²) in [6, 6.07) is 10.1. The molecule has 2 atom stereocenters. The minimum Gasteiger partial charge on any atom is -0.353 e. The number of anilines is 1. The van der Waals surface area contributed by atoms with Crippen LogP contribution in [0.3, 0.4) is 0 Å². The molecule has 23 heavy (non-hydrogen) atoms. The molecule has 1 aromatic heterocycles. The fourth-order valence-corrected chi connectivity index (χ4v) is 4.80. The van der Waals surface area contributed by atoms with Crippen molar-refractivity contribution in [2.75, 3.05) is 5.32 Å². The predicted octanol–water partition coefficient (Wildman–Crippen LogP) is 4.07. The number of rotatable bonds is 2. The monoisotopic (exact) mass is 324 g/mol. The first-order chi connectivity index (χ1) is 11.2. The number of benzene rings is 1. The van der Waals surface area contributed by atoms with Gasteiger partial charge in [0.25, 0.3) is 5.91 Å². The lowest BCUT2D eigenvalue weighted by atomic mass is 9.88. The molecule has 2 heterocycles. The minimum absolute atomic E-state index is 0.0634. The third-order valence-electron chi connectivity index (χ3n) is 4.59. The second-order valence-corrected chi connectivity index (χ2v) is 7.53. The lowest BCUT2D eigenvalue weighted by molar-refractivity contribution is 0.0942. The van der Waals surface area contributed by atoms with E-state index in [0.717, 1.165) is 34.9 Å². The molecule has 4 rings (SSSR count). The van der Waals surface area contributed by atoms with Crippen LogP contribution in [0.15, 0.2) is 36.4 Å². The molecule has 2 unspecified atom stereocenters. The van der Waals surface area contributed by atoms with Gasteiger partial charge in [0.05, 0.1) is 5.56 Å². The van der Waals surface area contributed by atoms with Crippen molar-refractivity contribution >= 4 is 28.3 Å². The zero-order valence-corrected chi connectivity index (χ0v) is 14.0. The largest absolute Gasteiger partial charge is 0.353 e. The van der Waals surface area contributed by atoms with Gasteiger partial charge in [0.15, 0.2) is 0 Å². The molecule has 4 heteroatoms. The van der Waals surface area contributed by atoms with Crippen molar-refractivity contribution < 1.29 is 4.79 Å². The zero-order valence-electron chi connectivity index (χ0n) is 13.1. The Morgan fingerprint density at radius 2 is 2.04 bits per heavy atom. The molecule has 2 aromatic rings. The first-order valence-corrected chi connectivity index (χ1v) is 8.97. The highest BCUT2D eigenvalue weighted by Crippen LogP contribution is 2.41. The van der Waals surface area contributed by atoms with Crippen molar-refractivity contribution in [2.45, 2.75) is 32.4 Å². The molecule has 0 bridgehead atoms. The van der Waals surface area contributed by atoms with Crippen LogP contribution in [-0.4, -0.2) is 12.1 Å². The summed E-state index contributed by atoms with van der Waals surface area (Å²) in [5, 5.41) is 7.57. The quantitative estimate of drug-likeness (QED) is 0.874. The Morgan fingerprint density at radius 3 is 2.87 bits per heavy atom. The smallest absolute Gasteiger partial charge is 0.256 e. The molecule has 1 aliphatic heterocycles. The van der Waals surface area contributed by atoms with E-state index in [1.807, 2.05) is 30.4 Å². The predicted molar refractivity (Wildman–Crippen MR) is 95.9 cm³/mol. The Kier molecular flexibility index (Phi) is 3.69. The van der Waals surface area contributed by atoms with E-state index >= 15 is 0 Å². The van der Waals surface area contributed by atoms with Crippen LogP contribution >= 0.6 is 11.3 Å². The molecule has 1 amide bonds. The standard InChI is InChI=1S/C19H20N2OS/c1-12-7-9-14-15(11-12)23-19-17(14)18(22)20-16(21-19)10-8-13-5-3-2-4-6-13/h2-6,8,10,12,16,21H,7,9,11H2,1H3,(H,20,22). The van der Waals surface area contributed by atoms with Gasteiger partial charge in [-0.05, 0) is 42.4 Å². The Bertz CT molecular complexity index is 763. The number of thiophene rings is 1. The van der Waals surface area contributed by atoms with Crippen LogP contribution in [0.2, 0.25) is 0 Å². The molecule has 0 spiro atoms. The van der Waals surface area contributed by atoms with Crippen LogP contribution in [0.25, 0.3) is 6.08 Å². The van der Waals surface area contributed by atoms with E-state index < -0.39 is 0 Å². The molecule has 118 valence electrons. The van der Waals surface area contributed by atoms with Crippen molar-refractivity contribution in [2.24, 2.45) is 5.92 Å². The summed E-state index contributed by atoms with van der Waals surface area (Å²) in [7, 11) is 0. The van der Waals surface area contributed by atoms with E-state index in [0.29, 0.717) is 0 Å². The van der Waals surface area contributed by atoms with E-state index in [2.05, 4.69) is 29.7 Å². The number of nitrogens with one attached hydrogen (secondary N) is 2. The average Bonchev–Trinajstić information content (AvgIpc) is 2.91. The normalized spacial score (nSPS) is 23.1. The molecule has 0 radical (unpaired) electrons. The number of hydrogen-bond acceptors (Lipinski definition) is 3. The topological polar surface area (TPSA) is 41.1 Å². The van der Waals surface area contributed by atoms with Gasteiger partial charge in [-0.3, -0.25) is 4.79 Å². The van der Waals surface area contributed by atoms with Gasteiger partial charge in [-0.1, -0.05) is 43.3 Å².